The van der Waals surface area contributed by atoms with Crippen LogP contribution in [0.15, 0.2) is 77.2 Å². The van der Waals surface area contributed by atoms with E-state index in [1.165, 1.54) is 0 Å². The molecule has 0 radical (unpaired) electrons. The summed E-state index contributed by atoms with van der Waals surface area (Å²) >= 11 is 0. The number of benzene rings is 3. The predicted molar refractivity (Wildman–Crippen MR) is 112 cm³/mol. The van der Waals surface area contributed by atoms with E-state index in [1.54, 1.807) is 31.2 Å². The Balaban J connectivity index is 1.34. The summed E-state index contributed by atoms with van der Waals surface area (Å²) < 4.78 is 11.3. The molecule has 6 heteroatoms. The van der Waals surface area contributed by atoms with Crippen molar-refractivity contribution in [2.75, 3.05) is 5.32 Å². The van der Waals surface area contributed by atoms with Crippen molar-refractivity contribution in [3.05, 3.63) is 83.9 Å². The highest BCUT2D eigenvalue weighted by Crippen LogP contribution is 2.30. The molecule has 2 heterocycles. The van der Waals surface area contributed by atoms with Crippen LogP contribution >= 0.6 is 0 Å². The number of carbonyl (C=O) groups excluding carboxylic acids is 2. The average Bonchev–Trinajstić information content (AvgIpc) is 3.18. The number of aromatic nitrogens is 1. The van der Waals surface area contributed by atoms with E-state index in [0.29, 0.717) is 23.6 Å². The molecule has 1 atom stereocenters. The summed E-state index contributed by atoms with van der Waals surface area (Å²) in [5.74, 6) is -0.348. The van der Waals surface area contributed by atoms with E-state index < -0.39 is 11.6 Å². The van der Waals surface area contributed by atoms with Crippen LogP contribution in [0.25, 0.3) is 22.6 Å². The number of ether oxygens (including phenoxy) is 1. The Morgan fingerprint density at radius 2 is 1.73 bits per heavy atom. The van der Waals surface area contributed by atoms with Crippen LogP contribution in [0.3, 0.4) is 0 Å². The van der Waals surface area contributed by atoms with Gasteiger partial charge in [0, 0.05) is 17.7 Å². The van der Waals surface area contributed by atoms with Crippen LogP contribution in [0.2, 0.25) is 0 Å². The number of hydrogen-bond acceptors (Lipinski definition) is 5. The van der Waals surface area contributed by atoms with Crippen molar-refractivity contribution in [2.24, 2.45) is 0 Å². The van der Waals surface area contributed by atoms with Crippen molar-refractivity contribution >= 4 is 28.7 Å². The molecule has 1 amide bonds. The van der Waals surface area contributed by atoms with Crippen molar-refractivity contribution < 1.29 is 18.7 Å². The van der Waals surface area contributed by atoms with Gasteiger partial charge in [0.15, 0.2) is 11.2 Å². The van der Waals surface area contributed by atoms with E-state index in [9.17, 15) is 9.59 Å². The summed E-state index contributed by atoms with van der Waals surface area (Å²) in [5.41, 5.74) is 2.94. The van der Waals surface area contributed by atoms with Gasteiger partial charge in [0.05, 0.1) is 5.56 Å². The molecular formula is C24H18N2O4. The molecule has 1 aliphatic heterocycles. The van der Waals surface area contributed by atoms with Crippen molar-refractivity contribution in [1.82, 2.24) is 4.98 Å². The lowest BCUT2D eigenvalue weighted by atomic mass is 9.89. The number of nitrogens with one attached hydrogen (secondary N) is 1. The third kappa shape index (κ3) is 3.12. The second kappa shape index (κ2) is 6.84. The number of rotatable bonds is 3. The fourth-order valence-electron chi connectivity index (χ4n) is 3.61. The number of amides is 1. The summed E-state index contributed by atoms with van der Waals surface area (Å²) in [7, 11) is 0. The highest BCUT2D eigenvalue weighted by molar-refractivity contribution is 6.02. The van der Waals surface area contributed by atoms with E-state index in [0.717, 1.165) is 22.2 Å². The standard InChI is InChI=1S/C24H18N2O4/c1-24(14-16-6-2-3-7-18(16)22(27)30-24)23(28)25-17-12-10-15(11-13-17)21-26-19-8-4-5-9-20(19)29-21/h2-13H,14H2,1H3,(H,25,28). The quantitative estimate of drug-likeness (QED) is 0.510. The van der Waals surface area contributed by atoms with Gasteiger partial charge >= 0.3 is 5.97 Å². The highest BCUT2D eigenvalue weighted by Gasteiger charge is 2.42. The van der Waals surface area contributed by atoms with E-state index in [2.05, 4.69) is 10.3 Å². The highest BCUT2D eigenvalue weighted by atomic mass is 16.6. The van der Waals surface area contributed by atoms with E-state index in [1.807, 2.05) is 48.5 Å². The number of para-hydroxylation sites is 2. The molecule has 1 aromatic heterocycles. The number of hydrogen-bond donors (Lipinski definition) is 1. The molecule has 0 aliphatic carbocycles. The Morgan fingerprint density at radius 3 is 2.53 bits per heavy atom. The van der Waals surface area contributed by atoms with Gasteiger partial charge in [-0.3, -0.25) is 4.79 Å². The van der Waals surface area contributed by atoms with Gasteiger partial charge in [-0.2, -0.15) is 0 Å². The first-order valence-corrected chi connectivity index (χ1v) is 9.61. The van der Waals surface area contributed by atoms with Gasteiger partial charge in [0.25, 0.3) is 5.91 Å². The molecule has 1 N–H and O–H groups in total. The van der Waals surface area contributed by atoms with Crippen molar-refractivity contribution in [3.8, 4) is 11.5 Å². The fraction of sp³-hybridized carbons (Fsp3) is 0.125. The topological polar surface area (TPSA) is 81.4 Å². The SMILES string of the molecule is CC1(C(=O)Nc2ccc(-c3nc4ccccc4o3)cc2)Cc2ccccc2C(=O)O1. The third-order valence-electron chi connectivity index (χ3n) is 5.25. The molecule has 30 heavy (non-hydrogen) atoms. The van der Waals surface area contributed by atoms with Crippen LogP contribution in [-0.2, 0) is 16.0 Å². The Kier molecular flexibility index (Phi) is 4.13. The van der Waals surface area contributed by atoms with Gasteiger partial charge in [-0.05, 0) is 55.0 Å². The zero-order valence-corrected chi connectivity index (χ0v) is 16.2. The largest absolute Gasteiger partial charge is 0.445 e. The number of anilines is 1. The first kappa shape index (κ1) is 18.1. The summed E-state index contributed by atoms with van der Waals surface area (Å²) in [6, 6.07) is 21.9. The van der Waals surface area contributed by atoms with E-state index in [-0.39, 0.29) is 5.91 Å². The molecule has 3 aromatic carbocycles. The first-order chi connectivity index (χ1) is 14.5. The predicted octanol–water partition coefficient (Wildman–Crippen LogP) is 4.61. The molecule has 148 valence electrons. The Hall–Kier alpha value is -3.93. The van der Waals surface area contributed by atoms with Gasteiger partial charge in [-0.1, -0.05) is 30.3 Å². The summed E-state index contributed by atoms with van der Waals surface area (Å²) in [5, 5.41) is 2.84. The summed E-state index contributed by atoms with van der Waals surface area (Å²) in [4.78, 5) is 29.7. The molecular weight excluding hydrogens is 380 g/mol. The van der Waals surface area contributed by atoms with E-state index in [4.69, 9.17) is 9.15 Å². The minimum atomic E-state index is -1.27. The van der Waals surface area contributed by atoms with Gasteiger partial charge in [0.2, 0.25) is 5.89 Å². The molecule has 4 aromatic rings. The van der Waals surface area contributed by atoms with Crippen molar-refractivity contribution in [2.45, 2.75) is 18.9 Å². The lowest BCUT2D eigenvalue weighted by molar-refractivity contribution is -0.134. The molecule has 1 aliphatic rings. The van der Waals surface area contributed by atoms with Crippen LogP contribution in [0.4, 0.5) is 5.69 Å². The molecule has 0 fully saturated rings. The Bertz CT molecular complexity index is 1240. The van der Waals surface area contributed by atoms with Gasteiger partial charge in [0.1, 0.15) is 5.52 Å². The molecule has 5 rings (SSSR count). The minimum absolute atomic E-state index is 0.321. The Labute approximate surface area is 172 Å². The number of cyclic esters (lactones) is 1. The zero-order chi connectivity index (χ0) is 20.7. The second-order valence-electron chi connectivity index (χ2n) is 7.47. The molecule has 0 saturated heterocycles. The number of carbonyl (C=O) groups is 2. The van der Waals surface area contributed by atoms with Crippen LogP contribution < -0.4 is 5.32 Å². The normalized spacial score (nSPS) is 18.0. The van der Waals surface area contributed by atoms with E-state index >= 15 is 0 Å². The van der Waals surface area contributed by atoms with Crippen molar-refractivity contribution in [3.63, 3.8) is 0 Å². The molecule has 6 nitrogen and oxygen atoms in total. The number of nitrogens with zero attached hydrogens (tertiary/aromatic N) is 1. The molecule has 1 unspecified atom stereocenters. The number of fused-ring (bicyclic) bond motifs is 2. The maximum Gasteiger partial charge on any atom is 0.339 e. The van der Waals surface area contributed by atoms with Gasteiger partial charge < -0.3 is 14.5 Å². The maximum absolute atomic E-state index is 12.9. The lowest BCUT2D eigenvalue weighted by Gasteiger charge is -2.33. The first-order valence-electron chi connectivity index (χ1n) is 9.61. The van der Waals surface area contributed by atoms with Gasteiger partial charge in [-0.15, -0.1) is 0 Å². The number of esters is 1. The van der Waals surface area contributed by atoms with Crippen molar-refractivity contribution in [1.29, 1.82) is 0 Å². The zero-order valence-electron chi connectivity index (χ0n) is 16.2. The van der Waals surface area contributed by atoms with Crippen LogP contribution in [0, 0.1) is 0 Å². The average molecular weight is 398 g/mol. The summed E-state index contributed by atoms with van der Waals surface area (Å²) in [6.07, 6.45) is 0.321. The van der Waals surface area contributed by atoms with Gasteiger partial charge in [-0.25, -0.2) is 9.78 Å². The second-order valence-corrected chi connectivity index (χ2v) is 7.47. The molecule has 0 spiro atoms. The summed E-state index contributed by atoms with van der Waals surface area (Å²) in [6.45, 7) is 1.63. The maximum atomic E-state index is 12.9. The molecule has 0 bridgehead atoms. The third-order valence-corrected chi connectivity index (χ3v) is 5.25. The Morgan fingerprint density at radius 1 is 1.00 bits per heavy atom. The van der Waals surface area contributed by atoms with Crippen LogP contribution in [-0.4, -0.2) is 22.5 Å². The van der Waals surface area contributed by atoms with Crippen LogP contribution in [0.1, 0.15) is 22.8 Å². The fourth-order valence-corrected chi connectivity index (χ4v) is 3.61. The monoisotopic (exact) mass is 398 g/mol. The molecule has 0 saturated carbocycles. The van der Waals surface area contributed by atoms with Crippen LogP contribution in [0.5, 0.6) is 0 Å². The number of oxazole rings is 1. The smallest absolute Gasteiger partial charge is 0.339 e. The lowest BCUT2D eigenvalue weighted by Crippen LogP contribution is -2.48. The minimum Gasteiger partial charge on any atom is -0.445 e.